The lowest BCUT2D eigenvalue weighted by molar-refractivity contribution is -0.120. The molecular formula is C6H18N6O. The first-order valence-electron chi connectivity index (χ1n) is 4.08. The SMILES string of the molecule is NN[C@@H](CCCNC(N)N)C(N)=O. The molecule has 0 aliphatic rings. The van der Waals surface area contributed by atoms with Crippen molar-refractivity contribution in [2.45, 2.75) is 25.2 Å². The summed E-state index contributed by atoms with van der Waals surface area (Å²) in [5, 5.41) is 2.80. The number of hydrazine groups is 1. The van der Waals surface area contributed by atoms with E-state index in [2.05, 4.69) is 10.7 Å². The van der Waals surface area contributed by atoms with Gasteiger partial charge in [0.2, 0.25) is 5.91 Å². The predicted octanol–water partition coefficient (Wildman–Crippen LogP) is -3.13. The number of carbonyl (C=O) groups is 1. The zero-order chi connectivity index (χ0) is 10.3. The number of primary amides is 1. The summed E-state index contributed by atoms with van der Waals surface area (Å²) in [6.07, 6.45) is 0.756. The third kappa shape index (κ3) is 6.43. The number of amides is 1. The lowest BCUT2D eigenvalue weighted by Gasteiger charge is -2.12. The molecule has 0 aliphatic heterocycles. The molecule has 0 saturated carbocycles. The van der Waals surface area contributed by atoms with Gasteiger partial charge in [0.1, 0.15) is 6.29 Å². The van der Waals surface area contributed by atoms with Gasteiger partial charge < -0.3 is 17.2 Å². The molecule has 1 atom stereocenters. The fourth-order valence-corrected chi connectivity index (χ4v) is 0.883. The van der Waals surface area contributed by atoms with Crippen LogP contribution in [0.5, 0.6) is 0 Å². The van der Waals surface area contributed by atoms with Gasteiger partial charge in [0.25, 0.3) is 0 Å². The summed E-state index contributed by atoms with van der Waals surface area (Å²) in [5.74, 6) is 4.64. The molecule has 0 saturated heterocycles. The second-order valence-electron chi connectivity index (χ2n) is 2.74. The van der Waals surface area contributed by atoms with E-state index in [1.54, 1.807) is 0 Å². The summed E-state index contributed by atoms with van der Waals surface area (Å²) in [6.45, 7) is 0.628. The fraction of sp³-hybridized carbons (Fsp3) is 0.833. The van der Waals surface area contributed by atoms with Crippen molar-refractivity contribution in [1.29, 1.82) is 0 Å². The van der Waals surface area contributed by atoms with Crippen LogP contribution in [0.25, 0.3) is 0 Å². The molecule has 0 bridgehead atoms. The van der Waals surface area contributed by atoms with Crippen molar-refractivity contribution in [2.75, 3.05) is 6.54 Å². The molecule has 7 heteroatoms. The zero-order valence-electron chi connectivity index (χ0n) is 7.49. The number of hydrogen-bond acceptors (Lipinski definition) is 6. The fourth-order valence-electron chi connectivity index (χ4n) is 0.883. The van der Waals surface area contributed by atoms with E-state index in [4.69, 9.17) is 23.0 Å². The zero-order valence-corrected chi connectivity index (χ0v) is 7.49. The lowest BCUT2D eigenvalue weighted by Crippen LogP contribution is -2.47. The highest BCUT2D eigenvalue weighted by Crippen LogP contribution is 1.93. The number of carbonyl (C=O) groups excluding carboxylic acids is 1. The molecule has 1 amide bonds. The Morgan fingerprint density at radius 3 is 2.38 bits per heavy atom. The molecule has 13 heavy (non-hydrogen) atoms. The smallest absolute Gasteiger partial charge is 0.235 e. The van der Waals surface area contributed by atoms with Gasteiger partial charge in [-0.1, -0.05) is 0 Å². The molecule has 7 nitrogen and oxygen atoms in total. The van der Waals surface area contributed by atoms with Crippen molar-refractivity contribution >= 4 is 5.91 Å². The largest absolute Gasteiger partial charge is 0.368 e. The third-order valence-electron chi connectivity index (χ3n) is 1.59. The van der Waals surface area contributed by atoms with E-state index >= 15 is 0 Å². The van der Waals surface area contributed by atoms with Crippen LogP contribution in [-0.2, 0) is 4.79 Å². The molecule has 0 spiro atoms. The molecule has 0 heterocycles. The predicted molar refractivity (Wildman–Crippen MR) is 49.7 cm³/mol. The van der Waals surface area contributed by atoms with Gasteiger partial charge in [0, 0.05) is 0 Å². The number of rotatable bonds is 7. The van der Waals surface area contributed by atoms with Crippen LogP contribution in [0.4, 0.5) is 0 Å². The standard InChI is InChI=1S/C6H18N6O/c7-5(13)4(12-10)2-1-3-11-6(8)9/h4,6,11-12H,1-3,8-10H2,(H2,7,13)/t4-/m0/s1. The Labute approximate surface area is 77.2 Å². The summed E-state index contributed by atoms with van der Waals surface area (Å²) in [7, 11) is 0. The first-order valence-corrected chi connectivity index (χ1v) is 4.08. The highest BCUT2D eigenvalue weighted by molar-refractivity contribution is 5.79. The van der Waals surface area contributed by atoms with Gasteiger partial charge in [-0.25, -0.2) is 5.43 Å². The second kappa shape index (κ2) is 6.75. The Kier molecular flexibility index (Phi) is 6.37. The van der Waals surface area contributed by atoms with Gasteiger partial charge in [-0.15, -0.1) is 0 Å². The molecule has 0 rings (SSSR count). The topological polar surface area (TPSA) is 145 Å². The molecule has 0 fully saturated rings. The molecule has 0 aromatic carbocycles. The number of nitrogens with two attached hydrogens (primary N) is 4. The van der Waals surface area contributed by atoms with Crippen LogP contribution in [0.15, 0.2) is 0 Å². The van der Waals surface area contributed by atoms with Crippen LogP contribution in [0.3, 0.4) is 0 Å². The van der Waals surface area contributed by atoms with Crippen LogP contribution >= 0.6 is 0 Å². The van der Waals surface area contributed by atoms with E-state index in [9.17, 15) is 4.79 Å². The summed E-state index contributed by atoms with van der Waals surface area (Å²) in [5.41, 5.74) is 17.8. The van der Waals surface area contributed by atoms with E-state index in [0.29, 0.717) is 13.0 Å². The van der Waals surface area contributed by atoms with Crippen molar-refractivity contribution in [2.24, 2.45) is 23.0 Å². The molecule has 0 unspecified atom stereocenters. The Morgan fingerprint density at radius 1 is 1.38 bits per heavy atom. The summed E-state index contributed by atoms with van der Waals surface area (Å²) in [4.78, 5) is 10.7. The first kappa shape index (κ1) is 12.3. The molecule has 0 radical (unpaired) electrons. The van der Waals surface area contributed by atoms with Gasteiger partial charge in [0.15, 0.2) is 0 Å². The number of nitrogens with one attached hydrogen (secondary N) is 2. The van der Waals surface area contributed by atoms with Gasteiger partial charge in [-0.2, -0.15) is 0 Å². The minimum Gasteiger partial charge on any atom is -0.368 e. The van der Waals surface area contributed by atoms with Crippen LogP contribution in [0.2, 0.25) is 0 Å². The van der Waals surface area contributed by atoms with Crippen molar-refractivity contribution in [3.8, 4) is 0 Å². The van der Waals surface area contributed by atoms with Crippen molar-refractivity contribution in [3.05, 3.63) is 0 Å². The number of hydrogen-bond donors (Lipinski definition) is 6. The van der Waals surface area contributed by atoms with Crippen molar-refractivity contribution < 1.29 is 4.79 Å². The minimum atomic E-state index is -0.530. The van der Waals surface area contributed by atoms with Crippen LogP contribution in [0, 0.1) is 0 Å². The van der Waals surface area contributed by atoms with Crippen LogP contribution in [-0.4, -0.2) is 24.8 Å². The van der Waals surface area contributed by atoms with Gasteiger partial charge >= 0.3 is 0 Å². The Balaban J connectivity index is 3.44. The van der Waals surface area contributed by atoms with Crippen molar-refractivity contribution in [1.82, 2.24) is 10.7 Å². The van der Waals surface area contributed by atoms with E-state index in [1.807, 2.05) is 0 Å². The van der Waals surface area contributed by atoms with E-state index in [-0.39, 0.29) is 0 Å². The summed E-state index contributed by atoms with van der Waals surface area (Å²) < 4.78 is 0. The molecule has 10 N–H and O–H groups in total. The van der Waals surface area contributed by atoms with E-state index < -0.39 is 18.2 Å². The van der Waals surface area contributed by atoms with Crippen molar-refractivity contribution in [3.63, 3.8) is 0 Å². The van der Waals surface area contributed by atoms with Crippen LogP contribution < -0.4 is 33.8 Å². The Bertz CT molecular complexity index is 150. The van der Waals surface area contributed by atoms with Gasteiger partial charge in [-0.3, -0.25) is 16.0 Å². The molecule has 78 valence electrons. The quantitative estimate of drug-likeness (QED) is 0.108. The average Bonchev–Trinajstić information content (AvgIpc) is 2.03. The van der Waals surface area contributed by atoms with E-state index in [0.717, 1.165) is 6.42 Å². The highest BCUT2D eigenvalue weighted by Gasteiger charge is 2.11. The highest BCUT2D eigenvalue weighted by atomic mass is 16.1. The average molecular weight is 190 g/mol. The minimum absolute atomic E-state index is 0.459. The summed E-state index contributed by atoms with van der Waals surface area (Å²) in [6, 6.07) is -0.490. The van der Waals surface area contributed by atoms with Gasteiger partial charge in [-0.05, 0) is 19.4 Å². The summed E-state index contributed by atoms with van der Waals surface area (Å²) >= 11 is 0. The molecule has 0 aromatic heterocycles. The van der Waals surface area contributed by atoms with Crippen LogP contribution in [0.1, 0.15) is 12.8 Å². The lowest BCUT2D eigenvalue weighted by atomic mass is 10.1. The first-order chi connectivity index (χ1) is 6.07. The Hall–Kier alpha value is -0.730. The molecule has 0 aliphatic carbocycles. The third-order valence-corrected chi connectivity index (χ3v) is 1.59. The second-order valence-corrected chi connectivity index (χ2v) is 2.74. The monoisotopic (exact) mass is 190 g/mol. The molecule has 0 aromatic rings. The Morgan fingerprint density at radius 2 is 2.00 bits per heavy atom. The maximum absolute atomic E-state index is 10.7. The maximum Gasteiger partial charge on any atom is 0.235 e. The van der Waals surface area contributed by atoms with E-state index in [1.165, 1.54) is 0 Å². The molecular weight excluding hydrogens is 172 g/mol. The maximum atomic E-state index is 10.7. The van der Waals surface area contributed by atoms with Gasteiger partial charge in [0.05, 0.1) is 6.04 Å². The normalized spacial score (nSPS) is 13.2.